The molecule has 3 rings (SSSR count). The number of amides is 1. The van der Waals surface area contributed by atoms with Crippen LogP contribution < -0.4 is 9.47 Å². The lowest BCUT2D eigenvalue weighted by atomic mass is 10.1. The van der Waals surface area contributed by atoms with Gasteiger partial charge in [-0.1, -0.05) is 18.2 Å². The zero-order valence-electron chi connectivity index (χ0n) is 19.5. The molecule has 2 aromatic rings. The van der Waals surface area contributed by atoms with Crippen LogP contribution in [0.15, 0.2) is 23.4 Å². The molecular weight excluding hydrogens is 444 g/mol. The molecule has 1 atom stereocenters. The van der Waals surface area contributed by atoms with Crippen molar-refractivity contribution < 1.29 is 24.2 Å². The van der Waals surface area contributed by atoms with Crippen LogP contribution in [0.1, 0.15) is 55.7 Å². The number of likely N-dealkylation sites (tertiary alicyclic amines) is 1. The van der Waals surface area contributed by atoms with Crippen LogP contribution >= 0.6 is 11.8 Å². The highest BCUT2D eigenvalue weighted by Crippen LogP contribution is 2.29. The van der Waals surface area contributed by atoms with Gasteiger partial charge < -0.3 is 24.0 Å². The maximum Gasteiger partial charge on any atom is 0.222 e. The Bertz CT molecular complexity index is 964. The predicted molar refractivity (Wildman–Crippen MR) is 125 cm³/mol. The number of hydrogen-bond acceptors (Lipinski definition) is 8. The summed E-state index contributed by atoms with van der Waals surface area (Å²) in [7, 11) is 1.51. The molecule has 1 amide bonds. The van der Waals surface area contributed by atoms with Crippen LogP contribution in [0.2, 0.25) is 0 Å². The van der Waals surface area contributed by atoms with Crippen molar-refractivity contribution in [1.82, 2.24) is 19.7 Å². The van der Waals surface area contributed by atoms with Crippen LogP contribution in [0, 0.1) is 0 Å². The van der Waals surface area contributed by atoms with E-state index >= 15 is 0 Å². The third-order valence-electron chi connectivity index (χ3n) is 5.52. The van der Waals surface area contributed by atoms with Crippen molar-refractivity contribution in [2.24, 2.45) is 0 Å². The smallest absolute Gasteiger partial charge is 0.222 e. The molecule has 0 aliphatic carbocycles. The summed E-state index contributed by atoms with van der Waals surface area (Å²) < 4.78 is 13.0. The van der Waals surface area contributed by atoms with E-state index in [4.69, 9.17) is 9.47 Å². The van der Waals surface area contributed by atoms with Gasteiger partial charge in [-0.2, -0.15) is 0 Å². The number of methoxy groups -OCH3 is 1. The Morgan fingerprint density at radius 2 is 2.06 bits per heavy atom. The third-order valence-corrected chi connectivity index (χ3v) is 6.63. The molecular formula is C23H32N4O5S. The van der Waals surface area contributed by atoms with Crippen LogP contribution in [-0.4, -0.2) is 68.6 Å². The van der Waals surface area contributed by atoms with Gasteiger partial charge in [0.05, 0.1) is 19.8 Å². The summed E-state index contributed by atoms with van der Waals surface area (Å²) in [6, 6.07) is 4.96. The highest BCUT2D eigenvalue weighted by molar-refractivity contribution is 7.99. The second-order valence-corrected chi connectivity index (χ2v) is 8.95. The van der Waals surface area contributed by atoms with E-state index in [-0.39, 0.29) is 18.3 Å². The van der Waals surface area contributed by atoms with Crippen molar-refractivity contribution in [3.05, 3.63) is 29.6 Å². The fraction of sp³-hybridized carbons (Fsp3) is 0.565. The van der Waals surface area contributed by atoms with Crippen LogP contribution in [0.4, 0.5) is 0 Å². The number of nitrogens with zero attached hydrogens (tertiary/aromatic N) is 4. The number of aliphatic hydroxyl groups excluding tert-OH is 1. The summed E-state index contributed by atoms with van der Waals surface area (Å²) >= 11 is 1.40. The van der Waals surface area contributed by atoms with Gasteiger partial charge in [0.2, 0.25) is 5.91 Å². The normalized spacial score (nSPS) is 15.3. The van der Waals surface area contributed by atoms with E-state index in [2.05, 4.69) is 10.2 Å². The number of hydrogen-bond donors (Lipinski definition) is 1. The van der Waals surface area contributed by atoms with Gasteiger partial charge in [0, 0.05) is 30.8 Å². The number of benzene rings is 1. The first-order chi connectivity index (χ1) is 15.9. The average Bonchev–Trinajstić information content (AvgIpc) is 3.09. The quantitative estimate of drug-likeness (QED) is 0.390. The highest BCUT2D eigenvalue weighted by atomic mass is 32.2. The minimum atomic E-state index is -0.746. The molecule has 1 unspecified atom stereocenters. The highest BCUT2D eigenvalue weighted by Gasteiger charge is 2.21. The molecule has 0 saturated carbocycles. The molecule has 10 heteroatoms. The summed E-state index contributed by atoms with van der Waals surface area (Å²) in [4.78, 5) is 25.7. The van der Waals surface area contributed by atoms with E-state index in [1.165, 1.54) is 25.8 Å². The molecule has 33 heavy (non-hydrogen) atoms. The minimum absolute atomic E-state index is 0.0594. The van der Waals surface area contributed by atoms with Crippen molar-refractivity contribution in [2.75, 3.05) is 26.0 Å². The van der Waals surface area contributed by atoms with Gasteiger partial charge >= 0.3 is 0 Å². The number of aromatic nitrogens is 3. The summed E-state index contributed by atoms with van der Waals surface area (Å²) in [6.45, 7) is 5.46. The Balaban J connectivity index is 1.55. The number of thioether (sulfide) groups is 1. The van der Waals surface area contributed by atoms with Crippen LogP contribution in [0.25, 0.3) is 0 Å². The number of aliphatic hydroxyl groups is 1. The zero-order chi connectivity index (χ0) is 23.8. The molecule has 1 aliphatic rings. The molecule has 1 aromatic carbocycles. The monoisotopic (exact) mass is 476 g/mol. The topological polar surface area (TPSA) is 107 Å². The lowest BCUT2D eigenvalue weighted by Gasteiger charge is -2.20. The molecule has 0 spiro atoms. The molecule has 1 saturated heterocycles. The van der Waals surface area contributed by atoms with Crippen LogP contribution in [-0.2, 0) is 17.9 Å². The third kappa shape index (κ3) is 6.70. The number of carbonyl (C=O) groups excluding carboxylic acids is 2. The van der Waals surface area contributed by atoms with Crippen molar-refractivity contribution in [2.45, 2.75) is 63.9 Å². The van der Waals surface area contributed by atoms with E-state index in [9.17, 15) is 14.7 Å². The Morgan fingerprint density at radius 3 is 2.79 bits per heavy atom. The molecule has 0 radical (unpaired) electrons. The first kappa shape index (κ1) is 25.0. The molecule has 1 aromatic heterocycles. The number of ether oxygens (including phenoxy) is 2. The molecule has 2 heterocycles. The largest absolute Gasteiger partial charge is 0.493 e. The fourth-order valence-electron chi connectivity index (χ4n) is 3.65. The Kier molecular flexibility index (Phi) is 9.13. The lowest BCUT2D eigenvalue weighted by Crippen LogP contribution is -2.31. The summed E-state index contributed by atoms with van der Waals surface area (Å²) in [5.74, 6) is 2.15. The van der Waals surface area contributed by atoms with Gasteiger partial charge in [-0.05, 0) is 44.9 Å². The van der Waals surface area contributed by atoms with Gasteiger partial charge in [0.15, 0.2) is 28.3 Å². The second-order valence-electron chi connectivity index (χ2n) is 7.97. The Morgan fingerprint density at radius 1 is 1.24 bits per heavy atom. The molecule has 1 N–H and O–H groups in total. The van der Waals surface area contributed by atoms with Crippen molar-refractivity contribution in [3.8, 4) is 11.5 Å². The maximum absolute atomic E-state index is 12.3. The molecule has 180 valence electrons. The SMILES string of the molecule is CCn1c(CN2CCCCCC2=O)nnc1SCC(O)COc1ccc(C(C)=O)cc1OC. The average molecular weight is 477 g/mol. The fourth-order valence-corrected chi connectivity index (χ4v) is 4.57. The minimum Gasteiger partial charge on any atom is -0.493 e. The molecule has 1 aliphatic heterocycles. The van der Waals surface area contributed by atoms with Gasteiger partial charge in [-0.15, -0.1) is 10.2 Å². The van der Waals surface area contributed by atoms with Crippen molar-refractivity contribution in [1.29, 1.82) is 0 Å². The first-order valence-corrected chi connectivity index (χ1v) is 12.2. The van der Waals surface area contributed by atoms with Gasteiger partial charge in [0.25, 0.3) is 0 Å². The first-order valence-electron chi connectivity index (χ1n) is 11.2. The van der Waals surface area contributed by atoms with Gasteiger partial charge in [0.1, 0.15) is 6.61 Å². The van der Waals surface area contributed by atoms with Crippen molar-refractivity contribution in [3.63, 3.8) is 0 Å². The number of ketones is 1. The molecule has 0 bridgehead atoms. The van der Waals surface area contributed by atoms with Crippen LogP contribution in [0.5, 0.6) is 11.5 Å². The summed E-state index contributed by atoms with van der Waals surface area (Å²) in [5, 5.41) is 19.7. The summed E-state index contributed by atoms with van der Waals surface area (Å²) in [5.41, 5.74) is 0.534. The zero-order valence-corrected chi connectivity index (χ0v) is 20.3. The van der Waals surface area contributed by atoms with E-state index in [1.54, 1.807) is 18.2 Å². The predicted octanol–water partition coefficient (Wildman–Crippen LogP) is 2.94. The standard InChI is InChI=1S/C23H32N4O5S/c1-4-27-21(13-26-11-7-5-6-8-22(26)30)24-25-23(27)33-15-18(29)14-32-19-10-9-17(16(2)28)12-20(19)31-3/h9-10,12,18,29H,4-8,11,13-15H2,1-3H3. The van der Waals surface area contributed by atoms with Crippen molar-refractivity contribution >= 4 is 23.5 Å². The van der Waals surface area contributed by atoms with Gasteiger partial charge in [-0.3, -0.25) is 9.59 Å². The van der Waals surface area contributed by atoms with Crippen LogP contribution in [0.3, 0.4) is 0 Å². The van der Waals surface area contributed by atoms with E-state index in [0.29, 0.717) is 47.5 Å². The number of carbonyl (C=O) groups is 2. The van der Waals surface area contributed by atoms with E-state index in [1.807, 2.05) is 16.4 Å². The lowest BCUT2D eigenvalue weighted by molar-refractivity contribution is -0.131. The molecule has 1 fully saturated rings. The summed E-state index contributed by atoms with van der Waals surface area (Å²) in [6.07, 6.45) is 2.89. The van der Waals surface area contributed by atoms with Gasteiger partial charge in [-0.25, -0.2) is 0 Å². The Hall–Kier alpha value is -2.59. The van der Waals surface area contributed by atoms with E-state index < -0.39 is 6.10 Å². The molecule has 9 nitrogen and oxygen atoms in total. The number of Topliss-reactive ketones (excluding diaryl/α,β-unsaturated/α-hetero) is 1. The Labute approximate surface area is 198 Å². The van der Waals surface area contributed by atoms with E-state index in [0.717, 1.165) is 31.6 Å². The number of rotatable bonds is 11. The second kappa shape index (κ2) is 12.0. The maximum atomic E-state index is 12.3.